The molecule has 0 saturated heterocycles. The summed E-state index contributed by atoms with van der Waals surface area (Å²) in [5.41, 5.74) is 7.64. The molecule has 0 fully saturated rings. The van der Waals surface area contributed by atoms with E-state index in [4.69, 9.17) is 0 Å². The first-order chi connectivity index (χ1) is 15.4. The van der Waals surface area contributed by atoms with Crippen molar-refractivity contribution in [2.75, 3.05) is 18.8 Å². The van der Waals surface area contributed by atoms with Gasteiger partial charge >= 0.3 is 29.6 Å². The van der Waals surface area contributed by atoms with Gasteiger partial charge in [0.1, 0.15) is 0 Å². The van der Waals surface area contributed by atoms with E-state index in [2.05, 4.69) is 32.2 Å². The first kappa shape index (κ1) is 49.7. The summed E-state index contributed by atoms with van der Waals surface area (Å²) in [6.45, 7) is 8.88. The van der Waals surface area contributed by atoms with Gasteiger partial charge in [0.2, 0.25) is 0 Å². The van der Waals surface area contributed by atoms with Crippen molar-refractivity contribution in [3.05, 3.63) is 0 Å². The number of halogens is 2. The minimum absolute atomic E-state index is 0. The van der Waals surface area contributed by atoms with Crippen LogP contribution in [-0.2, 0) is 10.1 Å². The predicted molar refractivity (Wildman–Crippen MR) is 139 cm³/mol. The Morgan fingerprint density at radius 1 is 0.486 bits per heavy atom. The molecule has 0 aliphatic heterocycles. The van der Waals surface area contributed by atoms with Gasteiger partial charge in [-0.05, 0) is 32.1 Å². The third-order valence-electron chi connectivity index (χ3n) is 5.45. The zero-order valence-corrected chi connectivity index (χ0v) is 30.1. The average Bonchev–Trinajstić information content (AvgIpc) is 2.76. The summed E-state index contributed by atoms with van der Waals surface area (Å²) < 4.78 is 30.5. The molecule has 0 radical (unpaired) electrons. The number of rotatable bonds is 21. The van der Waals surface area contributed by atoms with Gasteiger partial charge in [0.15, 0.2) is 0 Å². The maximum absolute atomic E-state index is 10.2. The van der Waals surface area contributed by atoms with Crippen LogP contribution >= 0.6 is 0 Å². The quantitative estimate of drug-likeness (QED) is 0.0769. The van der Waals surface area contributed by atoms with Crippen molar-refractivity contribution in [1.29, 1.82) is 0 Å². The maximum Gasteiger partial charge on any atom is 1.00 e. The van der Waals surface area contributed by atoms with Crippen LogP contribution in [0.4, 0.5) is 0 Å². The molecule has 0 aromatic rings. The Hall–Kier alpha value is 1.79. The Kier molecular flexibility index (Phi) is 64.9. The summed E-state index contributed by atoms with van der Waals surface area (Å²) in [5, 5.41) is 0. The minimum Gasteiger partial charge on any atom is -1.00 e. The van der Waals surface area contributed by atoms with Crippen LogP contribution in [0.5, 0.6) is 0 Å². The average molecular weight is 665 g/mol. The van der Waals surface area contributed by atoms with Gasteiger partial charge in [0, 0.05) is 5.75 Å². The second-order valence-electron chi connectivity index (χ2n) is 8.98. The van der Waals surface area contributed by atoms with E-state index in [-0.39, 0.29) is 69.3 Å². The molecule has 35 heavy (non-hydrogen) atoms. The van der Waals surface area contributed by atoms with Crippen molar-refractivity contribution >= 4 is 10.1 Å². The zero-order chi connectivity index (χ0) is 24.8. The standard InChI is InChI=1S/C10H23N.C8H19N.C8H18O3S.2BrH.Na/c1-2-3-4-5-6-7-8-9-10-11;1-2-3-4-5-6-7-8-9;1-2-3-4-5-6-7-8-12(9,10)11;;;/h2-11H2,1H3;2-9H2,1H3;2-8H2,1H3,(H,9,10,11);2*1H;/q;;;;;+1/p-1. The van der Waals surface area contributed by atoms with Crippen LogP contribution in [0, 0.1) is 0 Å². The van der Waals surface area contributed by atoms with Crippen molar-refractivity contribution in [2.45, 2.75) is 149 Å². The van der Waals surface area contributed by atoms with Gasteiger partial charge in [-0.25, -0.2) is 8.42 Å². The van der Waals surface area contributed by atoms with Crippen molar-refractivity contribution in [3.63, 3.8) is 0 Å². The Bertz CT molecular complexity index is 407. The normalized spacial score (nSPS) is 9.89. The molecule has 0 unspecified atom stereocenters. The number of quaternary nitrogens is 2. The predicted octanol–water partition coefficient (Wildman–Crippen LogP) is -3.14. The molecule has 0 heterocycles. The Labute approximate surface area is 264 Å². The van der Waals surface area contributed by atoms with E-state index in [1.165, 1.54) is 103 Å². The van der Waals surface area contributed by atoms with Gasteiger partial charge in [-0.3, -0.25) is 0 Å². The van der Waals surface area contributed by atoms with Crippen LogP contribution < -0.4 is 75.0 Å². The summed E-state index contributed by atoms with van der Waals surface area (Å²) in [4.78, 5) is 0. The fraction of sp³-hybridized carbons (Fsp3) is 1.00. The van der Waals surface area contributed by atoms with E-state index in [0.717, 1.165) is 32.4 Å². The molecule has 0 saturated carbocycles. The largest absolute Gasteiger partial charge is 1.00 e. The molecule has 0 rings (SSSR count). The van der Waals surface area contributed by atoms with E-state index in [9.17, 15) is 13.0 Å². The van der Waals surface area contributed by atoms with Crippen molar-refractivity contribution in [1.82, 2.24) is 0 Å². The smallest absolute Gasteiger partial charge is 1.00 e. The fourth-order valence-electron chi connectivity index (χ4n) is 3.33. The van der Waals surface area contributed by atoms with E-state index in [1.54, 1.807) is 0 Å². The van der Waals surface area contributed by atoms with E-state index >= 15 is 0 Å². The molecule has 9 heteroatoms. The van der Waals surface area contributed by atoms with Crippen LogP contribution in [0.3, 0.4) is 0 Å². The van der Waals surface area contributed by atoms with Gasteiger partial charge in [-0.2, -0.15) is 0 Å². The van der Waals surface area contributed by atoms with Gasteiger partial charge in [-0.15, -0.1) is 0 Å². The van der Waals surface area contributed by atoms with Crippen LogP contribution in [0.2, 0.25) is 0 Å². The first-order valence-corrected chi connectivity index (χ1v) is 15.5. The topological polar surface area (TPSA) is 112 Å². The molecule has 0 spiro atoms. The molecule has 0 aromatic heterocycles. The molecule has 0 aliphatic rings. The van der Waals surface area contributed by atoms with Gasteiger partial charge in [0.05, 0.1) is 23.2 Å². The minimum atomic E-state index is -3.97. The van der Waals surface area contributed by atoms with Crippen LogP contribution in [0.25, 0.3) is 0 Å². The fourth-order valence-corrected chi connectivity index (χ4v) is 3.88. The first-order valence-electron chi connectivity index (χ1n) is 13.9. The monoisotopic (exact) mass is 662 g/mol. The van der Waals surface area contributed by atoms with Gasteiger partial charge in [0.25, 0.3) is 0 Å². The summed E-state index contributed by atoms with van der Waals surface area (Å²) in [5.74, 6) is -0.195. The Morgan fingerprint density at radius 3 is 0.943 bits per heavy atom. The zero-order valence-electron chi connectivity index (χ0n) is 24.1. The molecule has 6 N–H and O–H groups in total. The second kappa shape index (κ2) is 45.7. The molecule has 0 aliphatic carbocycles. The Balaban J connectivity index is -0.0000000872. The van der Waals surface area contributed by atoms with Crippen LogP contribution in [-0.4, -0.2) is 31.8 Å². The van der Waals surface area contributed by atoms with Crippen molar-refractivity contribution in [3.8, 4) is 0 Å². The molecular formula is C26H61Br2N2NaO3S. The number of unbranched alkanes of at least 4 members (excludes halogenated alkanes) is 17. The Morgan fingerprint density at radius 2 is 0.714 bits per heavy atom. The summed E-state index contributed by atoms with van der Waals surface area (Å²) in [6, 6.07) is 0. The van der Waals surface area contributed by atoms with Gasteiger partial charge in [-0.1, -0.05) is 117 Å². The van der Waals surface area contributed by atoms with Crippen molar-refractivity contribution < 1.29 is 88.0 Å². The molecule has 5 nitrogen and oxygen atoms in total. The van der Waals surface area contributed by atoms with E-state index < -0.39 is 10.1 Å². The number of hydrogen-bond donors (Lipinski definition) is 2. The molecular weight excluding hydrogens is 603 g/mol. The summed E-state index contributed by atoms with van der Waals surface area (Å²) in [6.07, 6.45) is 25.6. The van der Waals surface area contributed by atoms with E-state index in [0.29, 0.717) is 6.42 Å². The number of hydrogen-bond acceptors (Lipinski definition) is 3. The summed E-state index contributed by atoms with van der Waals surface area (Å²) >= 11 is 0. The maximum atomic E-state index is 10.2. The molecule has 0 amide bonds. The van der Waals surface area contributed by atoms with Crippen LogP contribution in [0.15, 0.2) is 0 Å². The molecule has 214 valence electrons. The van der Waals surface area contributed by atoms with Crippen LogP contribution in [0.1, 0.15) is 149 Å². The third kappa shape index (κ3) is 66.5. The molecule has 0 bridgehead atoms. The SMILES string of the molecule is CCCCCCCCCC[NH3+].CCCCCCCCS(=O)(=O)[O-].CCCCCCCC[NH3+].[Br-].[Br-].[Na+]. The van der Waals surface area contributed by atoms with Crippen molar-refractivity contribution in [2.24, 2.45) is 0 Å². The second-order valence-corrected chi connectivity index (χ2v) is 10.5. The summed E-state index contributed by atoms with van der Waals surface area (Å²) in [7, 11) is -3.97. The molecule has 0 atom stereocenters. The molecule has 0 aromatic carbocycles. The third-order valence-corrected chi connectivity index (χ3v) is 6.24. The van der Waals surface area contributed by atoms with Gasteiger partial charge < -0.3 is 50.0 Å². The van der Waals surface area contributed by atoms with E-state index in [1.807, 2.05) is 0 Å².